The largest absolute Gasteiger partial charge is 0.352 e. The highest BCUT2D eigenvalue weighted by atomic mass is 16.1. The van der Waals surface area contributed by atoms with Crippen molar-refractivity contribution in [1.29, 1.82) is 0 Å². The number of hydrogen-bond donors (Lipinski definition) is 1. The summed E-state index contributed by atoms with van der Waals surface area (Å²) in [6.45, 7) is 1.38. The Labute approximate surface area is 136 Å². The lowest BCUT2D eigenvalue weighted by atomic mass is 9.97. The molecule has 0 bridgehead atoms. The van der Waals surface area contributed by atoms with Crippen LogP contribution in [0.1, 0.15) is 48.0 Å². The molecule has 0 saturated carbocycles. The predicted octanol–water partition coefficient (Wildman–Crippen LogP) is 2.95. The number of benzene rings is 1. The molecular weight excluding hydrogens is 288 g/mol. The van der Waals surface area contributed by atoms with Gasteiger partial charge in [-0.25, -0.2) is 9.67 Å². The van der Waals surface area contributed by atoms with Crippen molar-refractivity contribution in [3.05, 3.63) is 59.7 Å². The van der Waals surface area contributed by atoms with Crippen molar-refractivity contribution >= 4 is 5.91 Å². The normalized spacial score (nSPS) is 14.3. The van der Waals surface area contributed by atoms with E-state index in [-0.39, 0.29) is 5.91 Å². The van der Waals surface area contributed by atoms with Gasteiger partial charge in [-0.05, 0) is 49.8 Å². The fraction of sp³-hybridized carbons (Fsp3) is 0.389. The molecule has 0 radical (unpaired) electrons. The third kappa shape index (κ3) is 4.52. The lowest BCUT2D eigenvalue weighted by molar-refractivity contribution is 0.0954. The highest BCUT2D eigenvalue weighted by Crippen LogP contribution is 2.19. The summed E-state index contributed by atoms with van der Waals surface area (Å²) in [6, 6.07) is 7.64. The molecule has 1 amide bonds. The van der Waals surface area contributed by atoms with Gasteiger partial charge in [0.2, 0.25) is 0 Å². The van der Waals surface area contributed by atoms with Crippen molar-refractivity contribution in [2.75, 3.05) is 6.54 Å². The fourth-order valence-electron chi connectivity index (χ4n) is 2.83. The van der Waals surface area contributed by atoms with Crippen LogP contribution >= 0.6 is 0 Å². The molecule has 0 unspecified atom stereocenters. The van der Waals surface area contributed by atoms with Crippen LogP contribution in [0.3, 0.4) is 0 Å². The molecule has 1 aromatic heterocycles. The van der Waals surface area contributed by atoms with E-state index in [1.54, 1.807) is 11.0 Å². The second-order valence-corrected chi connectivity index (χ2v) is 5.90. The summed E-state index contributed by atoms with van der Waals surface area (Å²) in [5.74, 6) is -0.00582. The van der Waals surface area contributed by atoms with Gasteiger partial charge in [0.1, 0.15) is 12.7 Å². The minimum Gasteiger partial charge on any atom is -0.352 e. The zero-order chi connectivity index (χ0) is 15.9. The fourth-order valence-corrected chi connectivity index (χ4v) is 2.83. The third-order valence-corrected chi connectivity index (χ3v) is 4.14. The van der Waals surface area contributed by atoms with Gasteiger partial charge in [0, 0.05) is 12.1 Å². The maximum absolute atomic E-state index is 12.2. The van der Waals surface area contributed by atoms with Gasteiger partial charge in [0.05, 0.1) is 6.54 Å². The first-order valence-electron chi connectivity index (χ1n) is 8.19. The standard InChI is InChI=1S/C18H22N4O/c23-18(20-11-10-15-4-2-1-3-5-15)17-8-6-16(7-9-17)12-22-14-19-13-21-22/h4,6-9,13-14H,1-3,5,10-12H2,(H,20,23). The number of rotatable bonds is 6. The average Bonchev–Trinajstić information content (AvgIpc) is 3.09. The van der Waals surface area contributed by atoms with E-state index in [0.717, 1.165) is 12.0 Å². The van der Waals surface area contributed by atoms with E-state index in [2.05, 4.69) is 21.5 Å². The summed E-state index contributed by atoms with van der Waals surface area (Å²) in [4.78, 5) is 16.1. The monoisotopic (exact) mass is 310 g/mol. The molecule has 2 aromatic rings. The molecule has 0 aliphatic heterocycles. The second-order valence-electron chi connectivity index (χ2n) is 5.90. The van der Waals surface area contributed by atoms with E-state index in [1.807, 2.05) is 24.3 Å². The number of carbonyl (C=O) groups is 1. The zero-order valence-corrected chi connectivity index (χ0v) is 13.2. The maximum atomic E-state index is 12.2. The Hall–Kier alpha value is -2.43. The molecule has 1 aliphatic carbocycles. The molecule has 120 valence electrons. The summed E-state index contributed by atoms with van der Waals surface area (Å²) >= 11 is 0. The quantitative estimate of drug-likeness (QED) is 0.835. The maximum Gasteiger partial charge on any atom is 0.251 e. The zero-order valence-electron chi connectivity index (χ0n) is 13.2. The van der Waals surface area contributed by atoms with E-state index < -0.39 is 0 Å². The van der Waals surface area contributed by atoms with Crippen LogP contribution in [0.25, 0.3) is 0 Å². The number of carbonyl (C=O) groups excluding carboxylic acids is 1. The molecule has 5 heteroatoms. The SMILES string of the molecule is O=C(NCCC1=CCCCC1)c1ccc(Cn2cncn2)cc1. The molecule has 1 aliphatic rings. The Morgan fingerprint density at radius 3 is 2.78 bits per heavy atom. The van der Waals surface area contributed by atoms with Crippen molar-refractivity contribution in [2.45, 2.75) is 38.6 Å². The topological polar surface area (TPSA) is 59.8 Å². The first kappa shape index (κ1) is 15.5. The van der Waals surface area contributed by atoms with Crippen molar-refractivity contribution in [2.24, 2.45) is 0 Å². The smallest absolute Gasteiger partial charge is 0.251 e. The molecule has 0 fully saturated rings. The van der Waals surface area contributed by atoms with E-state index in [0.29, 0.717) is 18.7 Å². The van der Waals surface area contributed by atoms with Gasteiger partial charge in [-0.15, -0.1) is 0 Å². The summed E-state index contributed by atoms with van der Waals surface area (Å²) in [5, 5.41) is 7.08. The van der Waals surface area contributed by atoms with Gasteiger partial charge in [-0.2, -0.15) is 5.10 Å². The highest BCUT2D eigenvalue weighted by Gasteiger charge is 2.07. The van der Waals surface area contributed by atoms with Crippen molar-refractivity contribution in [3.63, 3.8) is 0 Å². The summed E-state index contributed by atoms with van der Waals surface area (Å²) < 4.78 is 1.76. The van der Waals surface area contributed by atoms with Crippen LogP contribution < -0.4 is 5.32 Å². The van der Waals surface area contributed by atoms with Crippen LogP contribution in [0.2, 0.25) is 0 Å². The minimum absolute atomic E-state index is 0.00582. The molecule has 23 heavy (non-hydrogen) atoms. The lowest BCUT2D eigenvalue weighted by Gasteiger charge is -2.13. The van der Waals surface area contributed by atoms with Gasteiger partial charge in [-0.3, -0.25) is 4.79 Å². The van der Waals surface area contributed by atoms with Crippen molar-refractivity contribution < 1.29 is 4.79 Å². The van der Waals surface area contributed by atoms with Crippen molar-refractivity contribution in [3.8, 4) is 0 Å². The van der Waals surface area contributed by atoms with Gasteiger partial charge < -0.3 is 5.32 Å². The van der Waals surface area contributed by atoms with Crippen LogP contribution in [0.15, 0.2) is 48.6 Å². The molecule has 0 spiro atoms. The summed E-state index contributed by atoms with van der Waals surface area (Å²) in [7, 11) is 0. The van der Waals surface area contributed by atoms with Gasteiger partial charge in [0.15, 0.2) is 0 Å². The molecule has 0 atom stereocenters. The van der Waals surface area contributed by atoms with Gasteiger partial charge >= 0.3 is 0 Å². The molecule has 3 rings (SSSR count). The highest BCUT2D eigenvalue weighted by molar-refractivity contribution is 5.94. The Balaban J connectivity index is 1.48. The number of amides is 1. The number of hydrogen-bond acceptors (Lipinski definition) is 3. The molecule has 1 N–H and O–H groups in total. The number of allylic oxidation sites excluding steroid dienone is 1. The Kier molecular flexibility index (Phi) is 5.19. The van der Waals surface area contributed by atoms with E-state index in [9.17, 15) is 4.79 Å². The van der Waals surface area contributed by atoms with Crippen LogP contribution in [-0.2, 0) is 6.54 Å². The minimum atomic E-state index is -0.00582. The average molecular weight is 310 g/mol. The molecule has 1 aromatic carbocycles. The second kappa shape index (κ2) is 7.72. The molecular formula is C18H22N4O. The van der Waals surface area contributed by atoms with Crippen LogP contribution in [-0.4, -0.2) is 27.2 Å². The first-order valence-corrected chi connectivity index (χ1v) is 8.19. The Morgan fingerprint density at radius 2 is 2.09 bits per heavy atom. The number of aromatic nitrogens is 3. The van der Waals surface area contributed by atoms with Crippen LogP contribution in [0.5, 0.6) is 0 Å². The Bertz CT molecular complexity index is 659. The van der Waals surface area contributed by atoms with E-state index in [4.69, 9.17) is 0 Å². The molecule has 0 saturated heterocycles. The van der Waals surface area contributed by atoms with Gasteiger partial charge in [-0.1, -0.05) is 23.8 Å². The molecule has 1 heterocycles. The summed E-state index contributed by atoms with van der Waals surface area (Å²) in [6.07, 6.45) is 11.5. The predicted molar refractivity (Wildman–Crippen MR) is 89.1 cm³/mol. The van der Waals surface area contributed by atoms with Crippen LogP contribution in [0, 0.1) is 0 Å². The van der Waals surface area contributed by atoms with Gasteiger partial charge in [0.25, 0.3) is 5.91 Å². The lowest BCUT2D eigenvalue weighted by Crippen LogP contribution is -2.24. The molecule has 5 nitrogen and oxygen atoms in total. The third-order valence-electron chi connectivity index (χ3n) is 4.14. The number of nitrogens with zero attached hydrogens (tertiary/aromatic N) is 3. The van der Waals surface area contributed by atoms with E-state index in [1.165, 1.54) is 37.6 Å². The van der Waals surface area contributed by atoms with Crippen LogP contribution in [0.4, 0.5) is 0 Å². The summed E-state index contributed by atoms with van der Waals surface area (Å²) in [5.41, 5.74) is 3.28. The number of nitrogens with one attached hydrogen (secondary N) is 1. The van der Waals surface area contributed by atoms with Crippen molar-refractivity contribution in [1.82, 2.24) is 20.1 Å². The Morgan fingerprint density at radius 1 is 1.22 bits per heavy atom. The first-order chi connectivity index (χ1) is 11.3. The van der Waals surface area contributed by atoms with E-state index >= 15 is 0 Å².